The second-order valence-electron chi connectivity index (χ2n) is 6.91. The Bertz CT molecular complexity index is 760. The van der Waals surface area contributed by atoms with Crippen molar-refractivity contribution >= 4 is 17.6 Å². The number of ether oxygens (including phenoxy) is 1. The number of aromatic amines is 1. The van der Waals surface area contributed by atoms with Crippen molar-refractivity contribution in [3.8, 4) is 0 Å². The summed E-state index contributed by atoms with van der Waals surface area (Å²) in [5.41, 5.74) is 4.83. The van der Waals surface area contributed by atoms with E-state index in [2.05, 4.69) is 56.2 Å². The summed E-state index contributed by atoms with van der Waals surface area (Å²) < 4.78 is 5.45. The Morgan fingerprint density at radius 1 is 1.23 bits per heavy atom. The number of nitrogens with one attached hydrogen (secondary N) is 1. The highest BCUT2D eigenvalue weighted by molar-refractivity contribution is 5.66. The van der Waals surface area contributed by atoms with Gasteiger partial charge in [-0.2, -0.15) is 5.10 Å². The molecule has 6 heteroatoms. The van der Waals surface area contributed by atoms with Gasteiger partial charge in [-0.3, -0.25) is 10.1 Å². The van der Waals surface area contributed by atoms with Crippen molar-refractivity contribution in [2.45, 2.75) is 19.9 Å². The largest absolute Gasteiger partial charge is 0.378 e. The predicted molar refractivity (Wildman–Crippen MR) is 105 cm³/mol. The molecule has 0 radical (unpaired) electrons. The number of anilines is 2. The Balaban J connectivity index is 1.58. The lowest BCUT2D eigenvalue weighted by molar-refractivity contribution is 0.122. The van der Waals surface area contributed by atoms with Crippen molar-refractivity contribution in [1.29, 1.82) is 0 Å². The number of aromatic nitrogens is 2. The number of allylic oxidation sites excluding steroid dienone is 1. The molecule has 4 rings (SSSR count). The molecule has 1 aromatic heterocycles. The van der Waals surface area contributed by atoms with Gasteiger partial charge in [-0.05, 0) is 36.6 Å². The van der Waals surface area contributed by atoms with Crippen LogP contribution in [0.4, 0.5) is 11.4 Å². The van der Waals surface area contributed by atoms with Crippen LogP contribution in [-0.4, -0.2) is 42.7 Å². The van der Waals surface area contributed by atoms with Crippen LogP contribution >= 0.6 is 0 Å². The van der Waals surface area contributed by atoms with Crippen LogP contribution in [0.2, 0.25) is 0 Å². The quantitative estimate of drug-likeness (QED) is 0.899. The van der Waals surface area contributed by atoms with Gasteiger partial charge in [0, 0.05) is 54.3 Å². The van der Waals surface area contributed by atoms with Gasteiger partial charge in [0.1, 0.15) is 0 Å². The highest BCUT2D eigenvalue weighted by atomic mass is 16.5. The third-order valence-electron chi connectivity index (χ3n) is 4.88. The molecule has 0 aliphatic carbocycles. The molecule has 136 valence electrons. The average molecular weight is 351 g/mol. The molecule has 1 atom stereocenters. The summed E-state index contributed by atoms with van der Waals surface area (Å²) >= 11 is 0. The fourth-order valence-electron chi connectivity index (χ4n) is 3.46. The molecule has 1 unspecified atom stereocenters. The van der Waals surface area contributed by atoms with Gasteiger partial charge in [-0.25, -0.2) is 0 Å². The normalized spacial score (nSPS) is 20.1. The van der Waals surface area contributed by atoms with E-state index in [4.69, 9.17) is 4.74 Å². The molecule has 1 aromatic carbocycles. The van der Waals surface area contributed by atoms with E-state index in [-0.39, 0.29) is 0 Å². The maximum atomic E-state index is 5.45. The van der Waals surface area contributed by atoms with Crippen LogP contribution in [0.1, 0.15) is 18.9 Å². The number of H-pyrrole nitrogens is 1. The van der Waals surface area contributed by atoms with Crippen molar-refractivity contribution in [1.82, 2.24) is 10.2 Å². The lowest BCUT2D eigenvalue weighted by Crippen LogP contribution is -2.36. The first kappa shape index (κ1) is 16.8. The molecule has 0 bridgehead atoms. The summed E-state index contributed by atoms with van der Waals surface area (Å²) in [5, 5.41) is 6.99. The van der Waals surface area contributed by atoms with Crippen molar-refractivity contribution in [3.05, 3.63) is 54.1 Å². The van der Waals surface area contributed by atoms with E-state index in [0.29, 0.717) is 5.92 Å². The summed E-state index contributed by atoms with van der Waals surface area (Å²) in [6.07, 6.45) is 8.82. The number of benzene rings is 1. The third-order valence-corrected chi connectivity index (χ3v) is 4.88. The fourth-order valence-corrected chi connectivity index (χ4v) is 3.46. The molecule has 3 heterocycles. The molecule has 26 heavy (non-hydrogen) atoms. The number of nitrogens with zero attached hydrogens (tertiary/aromatic N) is 4. The van der Waals surface area contributed by atoms with Crippen LogP contribution in [0.5, 0.6) is 0 Å². The first-order chi connectivity index (χ1) is 12.8. The second kappa shape index (κ2) is 7.74. The molecule has 1 saturated heterocycles. The Morgan fingerprint density at radius 3 is 2.73 bits per heavy atom. The Kier molecular flexibility index (Phi) is 5.02. The molecule has 0 spiro atoms. The van der Waals surface area contributed by atoms with Gasteiger partial charge in [0.05, 0.1) is 26.0 Å². The van der Waals surface area contributed by atoms with Crippen molar-refractivity contribution in [2.24, 2.45) is 10.9 Å². The van der Waals surface area contributed by atoms with E-state index in [1.807, 2.05) is 24.8 Å². The topological polar surface area (TPSA) is 56.8 Å². The molecule has 0 saturated carbocycles. The third kappa shape index (κ3) is 3.80. The number of hydrogen-bond donors (Lipinski definition) is 1. The van der Waals surface area contributed by atoms with Crippen LogP contribution in [0, 0.1) is 5.92 Å². The summed E-state index contributed by atoms with van der Waals surface area (Å²) in [7, 11) is 0. The number of hydrogen-bond acceptors (Lipinski definition) is 5. The minimum Gasteiger partial charge on any atom is -0.378 e. The predicted octanol–water partition coefficient (Wildman–Crippen LogP) is 3.20. The Hall–Kier alpha value is -2.60. The number of rotatable bonds is 5. The molecule has 2 aliphatic heterocycles. The second-order valence-corrected chi connectivity index (χ2v) is 6.91. The summed E-state index contributed by atoms with van der Waals surface area (Å²) in [6, 6.07) is 8.82. The highest BCUT2D eigenvalue weighted by Crippen LogP contribution is 2.29. The summed E-state index contributed by atoms with van der Waals surface area (Å²) in [5.74, 6) is 0.453. The molecular formula is C20H25N5O. The zero-order valence-corrected chi connectivity index (χ0v) is 15.1. The first-order valence-electron chi connectivity index (χ1n) is 9.20. The van der Waals surface area contributed by atoms with E-state index < -0.39 is 0 Å². The van der Waals surface area contributed by atoms with E-state index in [0.717, 1.165) is 44.8 Å². The van der Waals surface area contributed by atoms with Gasteiger partial charge in [-0.15, -0.1) is 0 Å². The van der Waals surface area contributed by atoms with E-state index in [1.54, 1.807) is 0 Å². The average Bonchev–Trinajstić information content (AvgIpc) is 3.20. The van der Waals surface area contributed by atoms with Crippen LogP contribution in [0.3, 0.4) is 0 Å². The minimum atomic E-state index is 0.453. The van der Waals surface area contributed by atoms with Crippen LogP contribution in [0.25, 0.3) is 0 Å². The highest BCUT2D eigenvalue weighted by Gasteiger charge is 2.18. The maximum Gasteiger partial charge on any atom is 0.0642 e. The first-order valence-corrected chi connectivity index (χ1v) is 9.20. The van der Waals surface area contributed by atoms with Gasteiger partial charge < -0.3 is 14.5 Å². The summed E-state index contributed by atoms with van der Waals surface area (Å²) in [6.45, 7) is 6.49. The van der Waals surface area contributed by atoms with Crippen molar-refractivity contribution in [3.63, 3.8) is 0 Å². The van der Waals surface area contributed by atoms with Crippen molar-refractivity contribution in [2.75, 3.05) is 36.1 Å². The molecule has 2 aliphatic rings. The van der Waals surface area contributed by atoms with Crippen LogP contribution in [0.15, 0.2) is 53.5 Å². The van der Waals surface area contributed by atoms with Gasteiger partial charge >= 0.3 is 0 Å². The fraction of sp³-hybridized carbons (Fsp3) is 0.400. The standard InChI is InChI=1S/C20H25N5O/c1-16-10-20(14-21-11-16)25(15-17-12-22-23-13-17)19-4-2-18(3-5-19)24-6-8-26-9-7-24/h2-5,11-14,16H,6-10,15H2,1H3,(H,22,23). The van der Waals surface area contributed by atoms with Gasteiger partial charge in [0.25, 0.3) is 0 Å². The lowest BCUT2D eigenvalue weighted by atomic mass is 10.0. The zero-order valence-electron chi connectivity index (χ0n) is 15.1. The van der Waals surface area contributed by atoms with Gasteiger partial charge in [-0.1, -0.05) is 6.92 Å². The SMILES string of the molecule is CC1C=NC=C(N(Cc2cn[nH]c2)c2ccc(N3CCOCC3)cc2)C1. The van der Waals surface area contributed by atoms with E-state index in [1.165, 1.54) is 17.1 Å². The minimum absolute atomic E-state index is 0.453. The number of aliphatic imine (C=N–C) groups is 1. The Labute approximate surface area is 154 Å². The van der Waals surface area contributed by atoms with Gasteiger partial charge in [0.15, 0.2) is 0 Å². The molecule has 1 N–H and O–H groups in total. The monoisotopic (exact) mass is 351 g/mol. The van der Waals surface area contributed by atoms with Crippen LogP contribution in [-0.2, 0) is 11.3 Å². The van der Waals surface area contributed by atoms with E-state index in [9.17, 15) is 0 Å². The smallest absolute Gasteiger partial charge is 0.0642 e. The van der Waals surface area contributed by atoms with Crippen molar-refractivity contribution < 1.29 is 4.74 Å². The van der Waals surface area contributed by atoms with Crippen LogP contribution < -0.4 is 9.80 Å². The van der Waals surface area contributed by atoms with Gasteiger partial charge in [0.2, 0.25) is 0 Å². The Morgan fingerprint density at radius 2 is 2.04 bits per heavy atom. The van der Waals surface area contributed by atoms with E-state index >= 15 is 0 Å². The molecular weight excluding hydrogens is 326 g/mol. The summed E-state index contributed by atoms with van der Waals surface area (Å²) in [4.78, 5) is 9.14. The molecule has 1 fully saturated rings. The molecule has 0 amide bonds. The zero-order chi connectivity index (χ0) is 17.8. The molecule has 6 nitrogen and oxygen atoms in total. The number of morpholine rings is 1. The molecule has 2 aromatic rings. The maximum absolute atomic E-state index is 5.45. The lowest BCUT2D eigenvalue weighted by Gasteiger charge is -2.31.